The number of carbonyl (C=O) groups excluding carboxylic acids is 2. The molecule has 7 nitrogen and oxygen atoms in total. The van der Waals surface area contributed by atoms with E-state index >= 15 is 0 Å². The fraction of sp³-hybridized carbons (Fsp3) is 0.895. The second kappa shape index (κ2) is 9.44. The van der Waals surface area contributed by atoms with Gasteiger partial charge in [0.15, 0.2) is 0 Å². The first kappa shape index (κ1) is 20.8. The molecule has 1 N–H and O–H groups in total. The van der Waals surface area contributed by atoms with Crippen LogP contribution < -0.4 is 5.32 Å². The maximum Gasteiger partial charge on any atom is 0.410 e. The minimum absolute atomic E-state index is 0.00364. The Labute approximate surface area is 157 Å². The smallest absolute Gasteiger partial charge is 0.410 e. The zero-order chi connectivity index (χ0) is 19.2. The molecule has 150 valence electrons. The lowest BCUT2D eigenvalue weighted by atomic mass is 10.0. The Morgan fingerprint density at radius 2 is 2.04 bits per heavy atom. The Kier molecular flexibility index (Phi) is 7.55. The summed E-state index contributed by atoms with van der Waals surface area (Å²) in [5.41, 5.74) is -0.509. The van der Waals surface area contributed by atoms with Crippen molar-refractivity contribution < 1.29 is 19.1 Å². The molecule has 2 saturated heterocycles. The van der Waals surface area contributed by atoms with Crippen molar-refractivity contribution in [1.82, 2.24) is 15.1 Å². The summed E-state index contributed by atoms with van der Waals surface area (Å²) in [6, 6.07) is -0.0646. The molecule has 2 unspecified atom stereocenters. The van der Waals surface area contributed by atoms with Crippen molar-refractivity contribution in [3.05, 3.63) is 0 Å². The average molecular weight is 370 g/mol. The van der Waals surface area contributed by atoms with Gasteiger partial charge in [-0.05, 0) is 53.4 Å². The number of rotatable bonds is 5. The van der Waals surface area contributed by atoms with Gasteiger partial charge in [0.1, 0.15) is 5.60 Å². The Morgan fingerprint density at radius 3 is 2.65 bits per heavy atom. The number of likely N-dealkylation sites (tertiary alicyclic amines) is 1. The zero-order valence-electron chi connectivity index (χ0n) is 16.8. The van der Waals surface area contributed by atoms with Gasteiger partial charge in [-0.15, -0.1) is 0 Å². The molecule has 0 aromatic rings. The van der Waals surface area contributed by atoms with Crippen molar-refractivity contribution in [2.24, 2.45) is 5.92 Å². The van der Waals surface area contributed by atoms with Crippen LogP contribution in [-0.4, -0.2) is 73.0 Å². The van der Waals surface area contributed by atoms with Crippen LogP contribution in [0.2, 0.25) is 0 Å². The van der Waals surface area contributed by atoms with E-state index in [0.717, 1.165) is 45.4 Å². The van der Waals surface area contributed by atoms with Gasteiger partial charge in [0.05, 0.1) is 12.6 Å². The van der Waals surface area contributed by atoms with E-state index in [-0.39, 0.29) is 18.2 Å². The molecular formula is C19H35N3O4. The van der Waals surface area contributed by atoms with Crippen LogP contribution in [0.3, 0.4) is 0 Å². The number of urea groups is 1. The van der Waals surface area contributed by atoms with Gasteiger partial charge in [0.25, 0.3) is 0 Å². The lowest BCUT2D eigenvalue weighted by Gasteiger charge is -2.37. The third kappa shape index (κ3) is 6.34. The number of amides is 3. The molecular weight excluding hydrogens is 334 g/mol. The predicted octanol–water partition coefficient (Wildman–Crippen LogP) is 2.84. The summed E-state index contributed by atoms with van der Waals surface area (Å²) >= 11 is 0. The Bertz CT molecular complexity index is 472. The van der Waals surface area contributed by atoms with Crippen molar-refractivity contribution in [3.63, 3.8) is 0 Å². The second-order valence-corrected chi connectivity index (χ2v) is 8.28. The maximum absolute atomic E-state index is 12.5. The molecule has 2 heterocycles. The Hall–Kier alpha value is -1.50. The lowest BCUT2D eigenvalue weighted by Crippen LogP contribution is -2.52. The summed E-state index contributed by atoms with van der Waals surface area (Å²) < 4.78 is 10.9. The van der Waals surface area contributed by atoms with E-state index in [1.165, 1.54) is 0 Å². The fourth-order valence-corrected chi connectivity index (χ4v) is 3.49. The van der Waals surface area contributed by atoms with Crippen LogP contribution in [0.5, 0.6) is 0 Å². The van der Waals surface area contributed by atoms with Gasteiger partial charge in [-0.25, -0.2) is 9.59 Å². The van der Waals surface area contributed by atoms with Crippen LogP contribution in [0.4, 0.5) is 9.59 Å². The molecule has 0 saturated carbocycles. The Morgan fingerprint density at radius 1 is 1.27 bits per heavy atom. The molecule has 7 heteroatoms. The molecule has 26 heavy (non-hydrogen) atoms. The second-order valence-electron chi connectivity index (χ2n) is 8.28. The molecule has 3 amide bonds. The summed E-state index contributed by atoms with van der Waals surface area (Å²) in [6.07, 6.45) is 3.66. The highest BCUT2D eigenvalue weighted by atomic mass is 16.6. The van der Waals surface area contributed by atoms with Crippen LogP contribution in [0.1, 0.15) is 53.4 Å². The Balaban J connectivity index is 1.85. The van der Waals surface area contributed by atoms with Crippen LogP contribution in [0.25, 0.3) is 0 Å². The van der Waals surface area contributed by atoms with E-state index in [4.69, 9.17) is 9.47 Å². The third-order valence-corrected chi connectivity index (χ3v) is 4.92. The van der Waals surface area contributed by atoms with Gasteiger partial charge in [0.2, 0.25) is 0 Å². The number of nitrogens with one attached hydrogen (secondary N) is 1. The van der Waals surface area contributed by atoms with Gasteiger partial charge >= 0.3 is 12.1 Å². The summed E-state index contributed by atoms with van der Waals surface area (Å²) in [7, 11) is 0. The predicted molar refractivity (Wildman–Crippen MR) is 100 cm³/mol. The molecule has 2 rings (SSSR count). The standard InChI is InChI=1S/C19H35N3O4/c1-5-21(13-15-9-11-25-14-15)17(23)20-12-16-8-6-7-10-22(16)18(24)26-19(2,3)4/h15-16H,5-14H2,1-4H3,(H,20,23). The summed E-state index contributed by atoms with van der Waals surface area (Å²) in [6.45, 7) is 11.7. The average Bonchev–Trinajstić information content (AvgIpc) is 3.09. The van der Waals surface area contributed by atoms with E-state index in [9.17, 15) is 9.59 Å². The maximum atomic E-state index is 12.5. The molecule has 0 aliphatic carbocycles. The van der Waals surface area contributed by atoms with Gasteiger partial charge in [-0.2, -0.15) is 0 Å². The SMILES string of the molecule is CCN(CC1CCOC1)C(=O)NCC1CCCCN1C(=O)OC(C)(C)C. The monoisotopic (exact) mass is 369 g/mol. The highest BCUT2D eigenvalue weighted by Gasteiger charge is 2.31. The highest BCUT2D eigenvalue weighted by Crippen LogP contribution is 2.20. The molecule has 0 aromatic heterocycles. The van der Waals surface area contributed by atoms with E-state index in [1.54, 1.807) is 4.90 Å². The molecule has 0 spiro atoms. The number of hydrogen-bond acceptors (Lipinski definition) is 4. The van der Waals surface area contributed by atoms with E-state index in [1.807, 2.05) is 32.6 Å². The normalized spacial score (nSPS) is 23.6. The zero-order valence-corrected chi connectivity index (χ0v) is 16.8. The number of carbonyl (C=O) groups is 2. The van der Waals surface area contributed by atoms with Gasteiger partial charge in [-0.1, -0.05) is 0 Å². The van der Waals surface area contributed by atoms with Crippen molar-refractivity contribution in [1.29, 1.82) is 0 Å². The van der Waals surface area contributed by atoms with Crippen LogP contribution in [0.15, 0.2) is 0 Å². The molecule has 0 radical (unpaired) electrons. The summed E-state index contributed by atoms with van der Waals surface area (Å²) in [5, 5.41) is 3.02. The fourth-order valence-electron chi connectivity index (χ4n) is 3.49. The van der Waals surface area contributed by atoms with Crippen LogP contribution in [0, 0.1) is 5.92 Å². The minimum Gasteiger partial charge on any atom is -0.444 e. The number of piperidine rings is 1. The number of ether oxygens (including phenoxy) is 2. The molecule has 2 atom stereocenters. The number of hydrogen-bond donors (Lipinski definition) is 1. The topological polar surface area (TPSA) is 71.1 Å². The first-order valence-corrected chi connectivity index (χ1v) is 9.90. The van der Waals surface area contributed by atoms with Gasteiger partial charge in [0, 0.05) is 38.7 Å². The molecule has 0 aromatic carbocycles. The van der Waals surface area contributed by atoms with Gasteiger partial charge in [-0.3, -0.25) is 0 Å². The van der Waals surface area contributed by atoms with Crippen molar-refractivity contribution >= 4 is 12.1 Å². The molecule has 2 fully saturated rings. The van der Waals surface area contributed by atoms with E-state index in [2.05, 4.69) is 5.32 Å². The first-order valence-electron chi connectivity index (χ1n) is 9.90. The van der Waals surface area contributed by atoms with Gasteiger partial charge < -0.3 is 24.6 Å². The molecule has 0 bridgehead atoms. The third-order valence-electron chi connectivity index (χ3n) is 4.92. The quantitative estimate of drug-likeness (QED) is 0.809. The lowest BCUT2D eigenvalue weighted by molar-refractivity contribution is 0.0100. The summed E-state index contributed by atoms with van der Waals surface area (Å²) in [4.78, 5) is 28.6. The first-order chi connectivity index (χ1) is 12.3. The highest BCUT2D eigenvalue weighted by molar-refractivity contribution is 5.74. The molecule has 2 aliphatic rings. The van der Waals surface area contributed by atoms with E-state index < -0.39 is 5.60 Å². The minimum atomic E-state index is -0.509. The molecule has 2 aliphatic heterocycles. The van der Waals surface area contributed by atoms with Crippen molar-refractivity contribution in [2.75, 3.05) is 39.4 Å². The largest absolute Gasteiger partial charge is 0.444 e. The van der Waals surface area contributed by atoms with Crippen molar-refractivity contribution in [2.45, 2.75) is 65.0 Å². The van der Waals surface area contributed by atoms with Crippen molar-refractivity contribution in [3.8, 4) is 0 Å². The van der Waals surface area contributed by atoms with E-state index in [0.29, 0.717) is 25.6 Å². The van der Waals surface area contributed by atoms with Crippen LogP contribution in [-0.2, 0) is 9.47 Å². The number of nitrogens with zero attached hydrogens (tertiary/aromatic N) is 2. The summed E-state index contributed by atoms with van der Waals surface area (Å²) in [5.74, 6) is 0.425. The van der Waals surface area contributed by atoms with Crippen LogP contribution >= 0.6 is 0 Å².